The number of rotatable bonds is 7. The van der Waals surface area contributed by atoms with E-state index < -0.39 is 40.4 Å². The quantitative estimate of drug-likeness (QED) is 0.191. The number of methoxy groups -OCH3 is 3. The Bertz CT molecular complexity index is 1480. The summed E-state index contributed by atoms with van der Waals surface area (Å²) >= 11 is 6.04. The summed E-state index contributed by atoms with van der Waals surface area (Å²) in [5, 5.41) is 12.0. The van der Waals surface area contributed by atoms with Crippen molar-refractivity contribution < 1.29 is 33.5 Å². The van der Waals surface area contributed by atoms with Gasteiger partial charge in [-0.15, -0.1) is 0 Å². The lowest BCUT2D eigenvalue weighted by atomic mass is 9.86. The van der Waals surface area contributed by atoms with E-state index in [4.69, 9.17) is 25.8 Å². The van der Waals surface area contributed by atoms with Gasteiger partial charge in [-0.3, -0.25) is 29.4 Å². The van der Waals surface area contributed by atoms with Crippen molar-refractivity contribution in [2.75, 3.05) is 26.2 Å². The number of β-lactam (4-membered cyclic amide) rings is 1. The minimum absolute atomic E-state index is 0.134. The maximum Gasteiger partial charge on any atom is 0.282 e. The van der Waals surface area contributed by atoms with Crippen molar-refractivity contribution in [3.05, 3.63) is 86.4 Å². The largest absolute Gasteiger partial charge is 0.493 e. The molecule has 2 heterocycles. The Balaban J connectivity index is 1.66. The maximum absolute atomic E-state index is 13.6. The third-order valence-electron chi connectivity index (χ3n) is 6.60. The molecule has 1 saturated heterocycles. The number of benzene rings is 3. The molecule has 2 unspecified atom stereocenters. The highest BCUT2D eigenvalue weighted by Gasteiger charge is 2.58. The molecule has 0 aromatic heterocycles. The fourth-order valence-electron chi connectivity index (χ4n) is 4.91. The Morgan fingerprint density at radius 3 is 2.03 bits per heavy atom. The topological polar surface area (TPSA) is 129 Å². The SMILES string of the molecule is COc1cc(C2C(N3C(=O)c4cccc([N+](=O)[O-])c4C3=O)C(=O)N2c2ccc(Cl)cc2)cc(OC)c1OC. The molecule has 0 aliphatic carbocycles. The standard InChI is InChI=1S/C26H20ClN3O8/c1-36-18-11-13(12-19(37-2)23(18)38-3)21-22(26(33)28(21)15-9-7-14(27)8-10-15)29-24(31)16-5-4-6-17(30(34)35)20(16)25(29)32/h4-12,21-22H,1-3H3. The monoisotopic (exact) mass is 537 g/mol. The molecular weight excluding hydrogens is 518 g/mol. The van der Waals surface area contributed by atoms with Gasteiger partial charge in [-0.25, -0.2) is 0 Å². The van der Waals surface area contributed by atoms with E-state index in [0.717, 1.165) is 11.0 Å². The van der Waals surface area contributed by atoms with Crippen molar-refractivity contribution in [2.45, 2.75) is 12.1 Å². The number of hydrogen-bond donors (Lipinski definition) is 0. The zero-order valence-electron chi connectivity index (χ0n) is 20.3. The third kappa shape index (κ3) is 3.62. The first-order chi connectivity index (χ1) is 18.2. The number of amides is 3. The van der Waals surface area contributed by atoms with Gasteiger partial charge in [0.2, 0.25) is 5.75 Å². The highest BCUT2D eigenvalue weighted by atomic mass is 35.5. The number of imide groups is 1. The van der Waals surface area contributed by atoms with Crippen LogP contribution in [-0.4, -0.2) is 54.9 Å². The van der Waals surface area contributed by atoms with Gasteiger partial charge >= 0.3 is 0 Å². The Hall–Kier alpha value is -4.64. The Morgan fingerprint density at radius 2 is 1.47 bits per heavy atom. The molecule has 0 bridgehead atoms. The second-order valence-electron chi connectivity index (χ2n) is 8.47. The average Bonchev–Trinajstić information content (AvgIpc) is 3.16. The molecule has 194 valence electrons. The van der Waals surface area contributed by atoms with Gasteiger partial charge in [0.1, 0.15) is 11.6 Å². The van der Waals surface area contributed by atoms with Crippen LogP contribution in [0.25, 0.3) is 0 Å². The first-order valence-electron chi connectivity index (χ1n) is 11.3. The van der Waals surface area contributed by atoms with Crippen LogP contribution in [0.2, 0.25) is 5.02 Å². The summed E-state index contributed by atoms with van der Waals surface area (Å²) in [6.07, 6.45) is 0. The first-order valence-corrected chi connectivity index (χ1v) is 11.6. The summed E-state index contributed by atoms with van der Waals surface area (Å²) in [4.78, 5) is 53.6. The van der Waals surface area contributed by atoms with Crippen LogP contribution in [-0.2, 0) is 4.79 Å². The van der Waals surface area contributed by atoms with Crippen LogP contribution in [0.1, 0.15) is 32.3 Å². The van der Waals surface area contributed by atoms with Crippen molar-refractivity contribution in [1.82, 2.24) is 4.90 Å². The number of ether oxygens (including phenoxy) is 3. The number of nitrogens with zero attached hydrogens (tertiary/aromatic N) is 3. The number of carbonyl (C=O) groups is 3. The van der Waals surface area contributed by atoms with Crippen molar-refractivity contribution in [3.8, 4) is 17.2 Å². The van der Waals surface area contributed by atoms with Crippen LogP contribution >= 0.6 is 11.6 Å². The van der Waals surface area contributed by atoms with Gasteiger partial charge in [-0.1, -0.05) is 17.7 Å². The molecule has 0 saturated carbocycles. The molecule has 38 heavy (non-hydrogen) atoms. The Labute approximate surface area is 221 Å². The Kier molecular flexibility index (Phi) is 6.15. The van der Waals surface area contributed by atoms with Crippen molar-refractivity contribution >= 4 is 40.7 Å². The molecule has 0 spiro atoms. The van der Waals surface area contributed by atoms with Gasteiger partial charge in [0.05, 0.1) is 37.9 Å². The van der Waals surface area contributed by atoms with E-state index in [2.05, 4.69) is 0 Å². The molecular formula is C26H20ClN3O8. The van der Waals surface area contributed by atoms with Gasteiger partial charge in [0.25, 0.3) is 23.4 Å². The zero-order valence-corrected chi connectivity index (χ0v) is 21.1. The summed E-state index contributed by atoms with van der Waals surface area (Å²) in [5.41, 5.74) is -0.0365. The molecule has 3 aromatic carbocycles. The molecule has 2 aliphatic rings. The number of fused-ring (bicyclic) bond motifs is 1. The highest BCUT2D eigenvalue weighted by molar-refractivity contribution is 6.30. The minimum atomic E-state index is -1.29. The van der Waals surface area contributed by atoms with Crippen LogP contribution in [0.15, 0.2) is 54.6 Å². The fourth-order valence-corrected chi connectivity index (χ4v) is 5.03. The average molecular weight is 538 g/mol. The van der Waals surface area contributed by atoms with E-state index in [-0.39, 0.29) is 11.1 Å². The van der Waals surface area contributed by atoms with E-state index in [1.54, 1.807) is 36.4 Å². The Morgan fingerprint density at radius 1 is 0.842 bits per heavy atom. The van der Waals surface area contributed by atoms with Crippen LogP contribution in [0.4, 0.5) is 11.4 Å². The summed E-state index contributed by atoms with van der Waals surface area (Å²) in [7, 11) is 4.32. The van der Waals surface area contributed by atoms with E-state index in [0.29, 0.717) is 33.5 Å². The number of halogens is 1. The van der Waals surface area contributed by atoms with Gasteiger partial charge < -0.3 is 19.1 Å². The van der Waals surface area contributed by atoms with Crippen LogP contribution in [0, 0.1) is 10.1 Å². The van der Waals surface area contributed by atoms with Crippen molar-refractivity contribution in [2.24, 2.45) is 0 Å². The van der Waals surface area contributed by atoms with Crippen molar-refractivity contribution in [3.63, 3.8) is 0 Å². The van der Waals surface area contributed by atoms with Crippen molar-refractivity contribution in [1.29, 1.82) is 0 Å². The summed E-state index contributed by atoms with van der Waals surface area (Å²) in [5.74, 6) is -1.34. The van der Waals surface area contributed by atoms with E-state index in [1.165, 1.54) is 38.4 Å². The summed E-state index contributed by atoms with van der Waals surface area (Å²) < 4.78 is 16.3. The molecule has 3 aromatic rings. The van der Waals surface area contributed by atoms with Gasteiger partial charge in [-0.05, 0) is 48.0 Å². The van der Waals surface area contributed by atoms with Gasteiger partial charge in [0, 0.05) is 16.8 Å². The number of anilines is 1. The summed E-state index contributed by atoms with van der Waals surface area (Å²) in [6, 6.07) is 11.4. The molecule has 2 atom stereocenters. The normalized spacial score (nSPS) is 18.3. The summed E-state index contributed by atoms with van der Waals surface area (Å²) in [6.45, 7) is 0. The molecule has 11 nitrogen and oxygen atoms in total. The molecule has 0 radical (unpaired) electrons. The molecule has 0 N–H and O–H groups in total. The molecule has 3 amide bonds. The fraction of sp³-hybridized carbons (Fsp3) is 0.192. The lowest BCUT2D eigenvalue weighted by Crippen LogP contribution is -2.67. The van der Waals surface area contributed by atoms with E-state index in [9.17, 15) is 24.5 Å². The smallest absolute Gasteiger partial charge is 0.282 e. The van der Waals surface area contributed by atoms with Crippen LogP contribution in [0.5, 0.6) is 17.2 Å². The van der Waals surface area contributed by atoms with E-state index >= 15 is 0 Å². The second kappa shape index (κ2) is 9.34. The first kappa shape index (κ1) is 25.0. The third-order valence-corrected chi connectivity index (χ3v) is 6.85. The second-order valence-corrected chi connectivity index (χ2v) is 8.91. The maximum atomic E-state index is 13.6. The lowest BCUT2D eigenvalue weighted by molar-refractivity contribution is -0.385. The number of hydrogen-bond acceptors (Lipinski definition) is 8. The van der Waals surface area contributed by atoms with E-state index in [1.807, 2.05) is 0 Å². The molecule has 12 heteroatoms. The molecule has 2 aliphatic heterocycles. The lowest BCUT2D eigenvalue weighted by Gasteiger charge is -2.49. The number of nitro groups is 1. The molecule has 5 rings (SSSR count). The number of carbonyl (C=O) groups excluding carboxylic acids is 3. The predicted molar refractivity (Wildman–Crippen MR) is 135 cm³/mol. The number of nitro benzene ring substituents is 1. The molecule has 1 fully saturated rings. The van der Waals surface area contributed by atoms with Gasteiger partial charge in [-0.2, -0.15) is 0 Å². The highest BCUT2D eigenvalue weighted by Crippen LogP contribution is 2.48. The van der Waals surface area contributed by atoms with Gasteiger partial charge in [0.15, 0.2) is 11.5 Å². The van der Waals surface area contributed by atoms with Crippen LogP contribution < -0.4 is 19.1 Å². The minimum Gasteiger partial charge on any atom is -0.493 e. The van der Waals surface area contributed by atoms with Crippen LogP contribution in [0.3, 0.4) is 0 Å². The predicted octanol–water partition coefficient (Wildman–Crippen LogP) is 4.03. The zero-order chi connectivity index (χ0) is 27.3.